The minimum atomic E-state index is -3.58. The molecule has 1 aromatic heterocycles. The molecule has 1 fully saturated rings. The number of Topliss-reactive ketones (excluding diaryl/α,β-unsaturated/α-hetero) is 1. The molecule has 0 saturated heterocycles. The zero-order chi connectivity index (χ0) is 15.6. The Morgan fingerprint density at radius 2 is 1.86 bits per heavy atom. The van der Waals surface area contributed by atoms with Crippen LogP contribution >= 0.6 is 11.3 Å². The van der Waals surface area contributed by atoms with Crippen LogP contribution in [0.25, 0.3) is 0 Å². The second-order valence-corrected chi connectivity index (χ2v) is 8.08. The van der Waals surface area contributed by atoms with Gasteiger partial charge in [-0.25, -0.2) is 13.1 Å². The molecule has 0 bridgehead atoms. The molecule has 0 spiro atoms. The maximum atomic E-state index is 12.5. The van der Waals surface area contributed by atoms with Gasteiger partial charge in [0.1, 0.15) is 0 Å². The highest BCUT2D eigenvalue weighted by Gasteiger charge is 2.36. The molecule has 4 nitrogen and oxygen atoms in total. The Balaban J connectivity index is 1.78. The molecule has 0 radical (unpaired) electrons. The molecule has 0 amide bonds. The first-order valence-electron chi connectivity index (χ1n) is 7.23. The van der Waals surface area contributed by atoms with Crippen LogP contribution in [0.2, 0.25) is 0 Å². The van der Waals surface area contributed by atoms with Gasteiger partial charge in [-0.05, 0) is 36.4 Å². The van der Waals surface area contributed by atoms with E-state index in [9.17, 15) is 13.2 Å². The molecule has 0 unspecified atom stereocenters. The first-order chi connectivity index (χ1) is 10.6. The first-order valence-corrected chi connectivity index (χ1v) is 9.59. The lowest BCUT2D eigenvalue weighted by molar-refractivity contribution is 0.0914. The van der Waals surface area contributed by atoms with Gasteiger partial charge in [-0.3, -0.25) is 4.79 Å². The van der Waals surface area contributed by atoms with Crippen molar-refractivity contribution in [2.24, 2.45) is 5.92 Å². The smallest absolute Gasteiger partial charge is 0.240 e. The zero-order valence-electron chi connectivity index (χ0n) is 11.9. The molecular formula is C16H17NO3S2. The van der Waals surface area contributed by atoms with Crippen LogP contribution in [0.4, 0.5) is 0 Å². The second kappa shape index (κ2) is 6.32. The zero-order valence-corrected chi connectivity index (χ0v) is 13.6. The first kappa shape index (κ1) is 15.4. The predicted molar refractivity (Wildman–Crippen MR) is 86.5 cm³/mol. The number of thiophene rings is 1. The van der Waals surface area contributed by atoms with E-state index in [1.807, 2.05) is 11.4 Å². The minimum absolute atomic E-state index is 0.0493. The number of hydrogen-bond acceptors (Lipinski definition) is 4. The summed E-state index contributed by atoms with van der Waals surface area (Å²) in [5.74, 6) is -0.217. The number of nitrogens with one attached hydrogen (secondary N) is 1. The topological polar surface area (TPSA) is 63.2 Å². The molecule has 22 heavy (non-hydrogen) atoms. The van der Waals surface area contributed by atoms with E-state index < -0.39 is 10.0 Å². The van der Waals surface area contributed by atoms with Crippen molar-refractivity contribution in [2.75, 3.05) is 0 Å². The van der Waals surface area contributed by atoms with E-state index in [-0.39, 0.29) is 22.6 Å². The summed E-state index contributed by atoms with van der Waals surface area (Å²) >= 11 is 1.41. The SMILES string of the molecule is O=C(c1cccs1)[C@@H]1CCC[C@@H]1NS(=O)(=O)c1ccccc1. The van der Waals surface area contributed by atoms with Crippen molar-refractivity contribution in [3.8, 4) is 0 Å². The van der Waals surface area contributed by atoms with E-state index >= 15 is 0 Å². The van der Waals surface area contributed by atoms with Gasteiger partial charge in [0.05, 0.1) is 9.77 Å². The standard InChI is InChI=1S/C16H17NO3S2/c18-16(15-10-5-11-21-15)13-8-4-9-14(13)17-22(19,20)12-6-2-1-3-7-12/h1-3,5-7,10-11,13-14,17H,4,8-9H2/t13-,14+/m1/s1. The van der Waals surface area contributed by atoms with E-state index in [1.54, 1.807) is 36.4 Å². The van der Waals surface area contributed by atoms with Crippen LogP contribution in [0.3, 0.4) is 0 Å². The van der Waals surface area contributed by atoms with E-state index in [0.29, 0.717) is 11.3 Å². The Bertz CT molecular complexity index is 739. The fraction of sp³-hybridized carbons (Fsp3) is 0.312. The summed E-state index contributed by atoms with van der Waals surface area (Å²) in [6.45, 7) is 0. The maximum absolute atomic E-state index is 12.5. The fourth-order valence-electron chi connectivity index (χ4n) is 2.88. The van der Waals surface area contributed by atoms with Crippen molar-refractivity contribution < 1.29 is 13.2 Å². The van der Waals surface area contributed by atoms with E-state index in [4.69, 9.17) is 0 Å². The Kier molecular flexibility index (Phi) is 4.42. The molecule has 1 heterocycles. The van der Waals surface area contributed by atoms with Gasteiger partial charge in [0, 0.05) is 12.0 Å². The lowest BCUT2D eigenvalue weighted by Crippen LogP contribution is -2.40. The quantitative estimate of drug-likeness (QED) is 0.854. The third-order valence-electron chi connectivity index (χ3n) is 3.98. The van der Waals surface area contributed by atoms with E-state index in [2.05, 4.69) is 4.72 Å². The molecule has 1 aliphatic rings. The Labute approximate surface area is 134 Å². The molecule has 116 valence electrons. The van der Waals surface area contributed by atoms with Crippen molar-refractivity contribution in [3.05, 3.63) is 52.7 Å². The summed E-state index contributed by atoms with van der Waals surface area (Å²) in [4.78, 5) is 13.5. The summed E-state index contributed by atoms with van der Waals surface area (Å²) in [7, 11) is -3.58. The van der Waals surface area contributed by atoms with Gasteiger partial charge >= 0.3 is 0 Å². The average molecular weight is 335 g/mol. The highest BCUT2D eigenvalue weighted by Crippen LogP contribution is 2.31. The monoisotopic (exact) mass is 335 g/mol. The van der Waals surface area contributed by atoms with Gasteiger partial charge < -0.3 is 0 Å². The number of hydrogen-bond donors (Lipinski definition) is 1. The van der Waals surface area contributed by atoms with Gasteiger partial charge in [0.15, 0.2) is 5.78 Å². The molecular weight excluding hydrogens is 318 g/mol. The summed E-state index contributed by atoms with van der Waals surface area (Å²) in [5, 5.41) is 1.87. The van der Waals surface area contributed by atoms with E-state index in [0.717, 1.165) is 12.8 Å². The van der Waals surface area contributed by atoms with Crippen molar-refractivity contribution in [1.29, 1.82) is 0 Å². The van der Waals surface area contributed by atoms with Crippen molar-refractivity contribution in [3.63, 3.8) is 0 Å². The normalized spacial score (nSPS) is 21.8. The van der Waals surface area contributed by atoms with Crippen LogP contribution in [-0.2, 0) is 10.0 Å². The van der Waals surface area contributed by atoms with E-state index in [1.165, 1.54) is 11.3 Å². The second-order valence-electron chi connectivity index (χ2n) is 5.42. The van der Waals surface area contributed by atoms with Gasteiger partial charge in [-0.1, -0.05) is 30.7 Å². The number of carbonyl (C=O) groups excluding carboxylic acids is 1. The molecule has 1 aromatic carbocycles. The predicted octanol–water partition coefficient (Wildman–Crippen LogP) is 3.08. The Morgan fingerprint density at radius 1 is 1.09 bits per heavy atom. The number of sulfonamides is 1. The number of carbonyl (C=O) groups is 1. The van der Waals surface area contributed by atoms with Gasteiger partial charge in [-0.2, -0.15) is 0 Å². The van der Waals surface area contributed by atoms with Crippen LogP contribution in [-0.4, -0.2) is 20.2 Å². The molecule has 2 aromatic rings. The van der Waals surface area contributed by atoms with Gasteiger partial charge in [0.2, 0.25) is 10.0 Å². The molecule has 3 rings (SSSR count). The fourth-order valence-corrected chi connectivity index (χ4v) is 4.94. The van der Waals surface area contributed by atoms with Crippen molar-refractivity contribution in [1.82, 2.24) is 4.72 Å². The molecule has 1 aliphatic carbocycles. The number of rotatable bonds is 5. The molecule has 6 heteroatoms. The number of ketones is 1. The van der Waals surface area contributed by atoms with Crippen LogP contribution in [0.5, 0.6) is 0 Å². The summed E-state index contributed by atoms with van der Waals surface area (Å²) in [5.41, 5.74) is 0. The lowest BCUT2D eigenvalue weighted by Gasteiger charge is -2.19. The summed E-state index contributed by atoms with van der Waals surface area (Å²) in [6, 6.07) is 11.6. The molecule has 2 atom stereocenters. The largest absolute Gasteiger partial charge is 0.293 e. The lowest BCUT2D eigenvalue weighted by atomic mass is 9.98. The number of benzene rings is 1. The minimum Gasteiger partial charge on any atom is -0.293 e. The Morgan fingerprint density at radius 3 is 2.55 bits per heavy atom. The highest BCUT2D eigenvalue weighted by molar-refractivity contribution is 7.89. The third kappa shape index (κ3) is 3.14. The highest BCUT2D eigenvalue weighted by atomic mass is 32.2. The summed E-state index contributed by atoms with van der Waals surface area (Å²) < 4.78 is 27.6. The third-order valence-corrected chi connectivity index (χ3v) is 6.37. The molecule has 0 aliphatic heterocycles. The van der Waals surface area contributed by atoms with Crippen molar-refractivity contribution >= 4 is 27.1 Å². The van der Waals surface area contributed by atoms with Crippen LogP contribution in [0.1, 0.15) is 28.9 Å². The molecule has 1 saturated carbocycles. The summed E-state index contributed by atoms with van der Waals surface area (Å²) in [6.07, 6.45) is 2.30. The van der Waals surface area contributed by atoms with Crippen LogP contribution in [0.15, 0.2) is 52.7 Å². The van der Waals surface area contributed by atoms with Gasteiger partial charge in [0.25, 0.3) is 0 Å². The average Bonchev–Trinajstić information content (AvgIpc) is 3.18. The van der Waals surface area contributed by atoms with Crippen LogP contribution < -0.4 is 4.72 Å². The maximum Gasteiger partial charge on any atom is 0.240 e. The van der Waals surface area contributed by atoms with Gasteiger partial charge in [-0.15, -0.1) is 11.3 Å². The molecule has 1 N–H and O–H groups in total. The van der Waals surface area contributed by atoms with Crippen molar-refractivity contribution in [2.45, 2.75) is 30.2 Å². The Hall–Kier alpha value is -1.50. The van der Waals surface area contributed by atoms with Crippen LogP contribution in [0, 0.1) is 5.92 Å².